The molecule has 1 aliphatic heterocycles. The molecule has 3 heterocycles. The molecule has 0 unspecified atom stereocenters. The minimum atomic E-state index is -0.255. The van der Waals surface area contributed by atoms with Crippen molar-refractivity contribution >= 4 is 44.6 Å². The summed E-state index contributed by atoms with van der Waals surface area (Å²) in [5.41, 5.74) is 15.3. The fourth-order valence-corrected chi connectivity index (χ4v) is 10.3. The van der Waals surface area contributed by atoms with Crippen molar-refractivity contribution in [2.24, 2.45) is 0 Å². The van der Waals surface area contributed by atoms with Crippen LogP contribution in [0, 0.1) is 18.8 Å². The molecule has 0 atom stereocenters. The van der Waals surface area contributed by atoms with Gasteiger partial charge in [-0.1, -0.05) is 190 Å². The maximum atomic E-state index is 6.82. The molecule has 6 heteroatoms. The second-order valence-electron chi connectivity index (χ2n) is 22.7. The van der Waals surface area contributed by atoms with Gasteiger partial charge in [-0.2, -0.15) is 12.1 Å². The van der Waals surface area contributed by atoms with E-state index in [4.69, 9.17) is 9.72 Å². The minimum Gasteiger partial charge on any atom is -0.509 e. The van der Waals surface area contributed by atoms with Crippen LogP contribution in [0.2, 0.25) is 0 Å². The molecule has 0 saturated heterocycles. The third-order valence-electron chi connectivity index (χ3n) is 15.1. The molecule has 0 radical (unpaired) electrons. The van der Waals surface area contributed by atoms with Crippen LogP contribution in [-0.4, -0.2) is 9.55 Å². The summed E-state index contributed by atoms with van der Waals surface area (Å²) in [5, 5.41) is 2.18. The molecule has 0 bridgehead atoms. The number of hydrogen-bond acceptors (Lipinski definition) is 4. The van der Waals surface area contributed by atoms with Gasteiger partial charge in [0.1, 0.15) is 5.82 Å². The van der Waals surface area contributed by atoms with Gasteiger partial charge in [-0.25, -0.2) is 4.98 Å². The number of fused-ring (bicyclic) bond motifs is 4. The van der Waals surface area contributed by atoms with E-state index >= 15 is 0 Å². The number of hydrogen-bond donors (Lipinski definition) is 0. The number of nitrogens with zero attached hydrogens (tertiary/aromatic N) is 4. The van der Waals surface area contributed by atoms with Gasteiger partial charge in [-0.3, -0.25) is 0 Å². The van der Waals surface area contributed by atoms with Crippen LogP contribution in [0.5, 0.6) is 11.5 Å². The van der Waals surface area contributed by atoms with Crippen LogP contribution < -0.4 is 14.5 Å². The van der Waals surface area contributed by atoms with Gasteiger partial charge in [-0.05, 0) is 103 Å². The van der Waals surface area contributed by atoms with Crippen LogP contribution in [-0.2, 0) is 42.7 Å². The first-order chi connectivity index (χ1) is 34.9. The molecule has 1 aliphatic rings. The molecule has 2 aromatic heterocycles. The van der Waals surface area contributed by atoms with Gasteiger partial charge in [0.25, 0.3) is 0 Å². The molecule has 0 aliphatic carbocycles. The predicted molar refractivity (Wildman–Crippen MR) is 304 cm³/mol. The summed E-state index contributed by atoms with van der Waals surface area (Å²) < 4.78 is 9.05. The second-order valence-corrected chi connectivity index (χ2v) is 22.7. The number of aromatic nitrogens is 2. The summed E-state index contributed by atoms with van der Waals surface area (Å²) in [6.45, 7) is 25.2. The van der Waals surface area contributed by atoms with Crippen LogP contribution >= 0.6 is 0 Å². The summed E-state index contributed by atoms with van der Waals surface area (Å²) in [5.74, 6) is 2.00. The summed E-state index contributed by atoms with van der Waals surface area (Å²) in [7, 11) is 0. The number of benzene rings is 8. The van der Waals surface area contributed by atoms with Crippen molar-refractivity contribution in [1.29, 1.82) is 0 Å². The van der Waals surface area contributed by atoms with Gasteiger partial charge in [0.2, 0.25) is 0 Å². The quantitative estimate of drug-likeness (QED) is 0.128. The van der Waals surface area contributed by atoms with Gasteiger partial charge in [0.05, 0.1) is 0 Å². The zero-order valence-electron chi connectivity index (χ0n) is 44.1. The molecule has 0 fully saturated rings. The fourth-order valence-electron chi connectivity index (χ4n) is 10.3. The van der Waals surface area contributed by atoms with Gasteiger partial charge in [-0.15, -0.1) is 48.1 Å². The summed E-state index contributed by atoms with van der Waals surface area (Å²) in [6.07, 6.45) is 1.93. The third kappa shape index (κ3) is 9.37. The first kappa shape index (κ1) is 50.3. The van der Waals surface area contributed by atoms with E-state index in [2.05, 4.69) is 272 Å². The van der Waals surface area contributed by atoms with Crippen molar-refractivity contribution in [3.63, 3.8) is 0 Å². The summed E-state index contributed by atoms with van der Waals surface area (Å²) in [4.78, 5) is 9.64. The molecule has 5 nitrogen and oxygen atoms in total. The van der Waals surface area contributed by atoms with Crippen LogP contribution in [0.1, 0.15) is 103 Å². The standard InChI is InChI=1S/C68H63N4O.Pt/c1-65(2,3)50-30-34-61-63(41-50)71(55-39-52(66(4,5)6)38-53(40-55)68(9,10)49-25-18-13-19-26-49)45-70(61)54-27-20-28-56(43-54)73-57-31-32-58-59-37-47(46-21-14-11-15-22-46)29-33-60(59)72(62(58)44-57)64-42-51(35-36-69-64)67(7,8)48-23-16-12-17-24-48;/h11-42,45H,1-10H3;/q-3;. The fraction of sp³-hybridized carbons (Fsp3) is 0.206. The molecule has 10 aromatic rings. The summed E-state index contributed by atoms with van der Waals surface area (Å²) >= 11 is 0. The zero-order chi connectivity index (χ0) is 50.9. The first-order valence-electron chi connectivity index (χ1n) is 25.5. The van der Waals surface area contributed by atoms with E-state index in [1.165, 1.54) is 38.9 Å². The minimum absolute atomic E-state index is 0. The average molecular weight is 1150 g/mol. The maximum Gasteiger partial charge on any atom is 0.135 e. The zero-order valence-corrected chi connectivity index (χ0v) is 46.3. The smallest absolute Gasteiger partial charge is 0.135 e. The van der Waals surface area contributed by atoms with E-state index in [1.54, 1.807) is 0 Å². The van der Waals surface area contributed by atoms with Crippen molar-refractivity contribution in [3.05, 3.63) is 246 Å². The van der Waals surface area contributed by atoms with Crippen molar-refractivity contribution in [2.75, 3.05) is 9.80 Å². The monoisotopic (exact) mass is 1150 g/mol. The number of ether oxygens (including phenoxy) is 1. The first-order valence-corrected chi connectivity index (χ1v) is 25.5. The van der Waals surface area contributed by atoms with Gasteiger partial charge in [0.15, 0.2) is 0 Å². The van der Waals surface area contributed by atoms with Crippen molar-refractivity contribution in [1.82, 2.24) is 9.55 Å². The molecule has 0 amide bonds. The Morgan fingerprint density at radius 3 is 1.76 bits per heavy atom. The molecule has 374 valence electrons. The van der Waals surface area contributed by atoms with E-state index in [9.17, 15) is 0 Å². The van der Waals surface area contributed by atoms with Crippen LogP contribution in [0.15, 0.2) is 194 Å². The van der Waals surface area contributed by atoms with Crippen molar-refractivity contribution < 1.29 is 25.8 Å². The van der Waals surface area contributed by atoms with E-state index in [-0.39, 0.29) is 42.7 Å². The largest absolute Gasteiger partial charge is 0.509 e. The predicted octanol–water partition coefficient (Wildman–Crippen LogP) is 17.9. The maximum absolute atomic E-state index is 6.82. The van der Waals surface area contributed by atoms with E-state index in [0.717, 1.165) is 55.9 Å². The molecule has 11 rings (SSSR count). The SMILES string of the molecule is CC(C)(C)c1cc(N2[CH-]N(c3[c-]c(Oc4[c-]c5c(cc4)c4cc(-c6ccccc6)ccc4n5-c4cc(C(C)(C)c5ccccc5)ccn4)ccc3)c3ccc(C(C)(C)C)cc32)cc(C(C)(C)c2ccccc2)c1.[Pt]. The Kier molecular flexibility index (Phi) is 13.1. The Hall–Kier alpha value is -7.20. The van der Waals surface area contributed by atoms with Gasteiger partial charge >= 0.3 is 0 Å². The van der Waals surface area contributed by atoms with E-state index in [0.29, 0.717) is 11.5 Å². The molecule has 0 spiro atoms. The molecule has 74 heavy (non-hydrogen) atoms. The van der Waals surface area contributed by atoms with Crippen molar-refractivity contribution in [3.8, 4) is 28.4 Å². The molecular formula is C68H63N4OPt-3. The molecular weight excluding hydrogens is 1080 g/mol. The third-order valence-corrected chi connectivity index (χ3v) is 15.1. The molecule has 0 saturated carbocycles. The number of anilines is 4. The topological polar surface area (TPSA) is 33.5 Å². The normalized spacial score (nSPS) is 13.1. The van der Waals surface area contributed by atoms with Crippen LogP contribution in [0.25, 0.3) is 38.8 Å². The number of pyridine rings is 1. The average Bonchev–Trinajstić information content (AvgIpc) is 3.94. The Morgan fingerprint density at radius 2 is 1.08 bits per heavy atom. The Balaban J connectivity index is 0.00000626. The van der Waals surface area contributed by atoms with E-state index in [1.807, 2.05) is 24.4 Å². The Labute approximate surface area is 452 Å². The second kappa shape index (κ2) is 19.3. The molecule has 8 aromatic carbocycles. The van der Waals surface area contributed by atoms with Crippen LogP contribution in [0.3, 0.4) is 0 Å². The summed E-state index contributed by atoms with van der Waals surface area (Å²) in [6, 6.07) is 74.9. The van der Waals surface area contributed by atoms with Gasteiger partial charge in [0, 0.05) is 72.2 Å². The van der Waals surface area contributed by atoms with Crippen molar-refractivity contribution in [2.45, 2.75) is 90.9 Å². The Morgan fingerprint density at radius 1 is 0.446 bits per heavy atom. The van der Waals surface area contributed by atoms with Crippen LogP contribution in [0.4, 0.5) is 22.7 Å². The number of rotatable bonds is 10. The Bertz CT molecular complexity index is 3660. The molecule has 0 N–H and O–H groups in total. The van der Waals surface area contributed by atoms with E-state index < -0.39 is 0 Å². The van der Waals surface area contributed by atoms with Gasteiger partial charge < -0.3 is 19.1 Å².